The van der Waals surface area contributed by atoms with Crippen molar-refractivity contribution in [2.24, 2.45) is 0 Å². The summed E-state index contributed by atoms with van der Waals surface area (Å²) in [7, 11) is 0. The molecule has 1 aromatic carbocycles. The molecule has 1 atom stereocenters. The summed E-state index contributed by atoms with van der Waals surface area (Å²) in [4.78, 5) is 11.2. The van der Waals surface area contributed by atoms with Crippen LogP contribution >= 0.6 is 0 Å². The summed E-state index contributed by atoms with van der Waals surface area (Å²) in [6.45, 7) is 3.19. The molecule has 0 spiro atoms. The van der Waals surface area contributed by atoms with E-state index in [1.165, 1.54) is 13.0 Å². The van der Waals surface area contributed by atoms with Crippen LogP contribution in [0.25, 0.3) is 0 Å². The Kier molecular flexibility index (Phi) is 4.17. The van der Waals surface area contributed by atoms with Crippen LogP contribution in [0.4, 0.5) is 8.78 Å². The number of halogens is 2. The molecular weight excluding hydrogens is 230 g/mol. The Labute approximate surface area is 98.0 Å². The fourth-order valence-electron chi connectivity index (χ4n) is 1.43. The lowest BCUT2D eigenvalue weighted by Gasteiger charge is -2.22. The molecule has 1 rings (SSSR count). The van der Waals surface area contributed by atoms with Crippen molar-refractivity contribution in [3.8, 4) is 0 Å². The summed E-state index contributed by atoms with van der Waals surface area (Å²) in [5.41, 5.74) is -1.45. The van der Waals surface area contributed by atoms with Crippen LogP contribution in [0.5, 0.6) is 0 Å². The summed E-state index contributed by atoms with van der Waals surface area (Å²) >= 11 is 0. The number of benzene rings is 1. The Morgan fingerprint density at radius 3 is 2.59 bits per heavy atom. The number of esters is 1. The zero-order valence-electron chi connectivity index (χ0n) is 9.67. The van der Waals surface area contributed by atoms with Gasteiger partial charge in [-0.2, -0.15) is 0 Å². The van der Waals surface area contributed by atoms with E-state index >= 15 is 0 Å². The van der Waals surface area contributed by atoms with Crippen molar-refractivity contribution >= 4 is 5.97 Å². The van der Waals surface area contributed by atoms with Gasteiger partial charge in [-0.05, 0) is 31.5 Å². The highest BCUT2D eigenvalue weighted by molar-refractivity contribution is 5.71. The first-order valence-electron chi connectivity index (χ1n) is 5.20. The first kappa shape index (κ1) is 13.6. The third kappa shape index (κ3) is 3.49. The standard InChI is InChI=1S/C12H14F2O3/c1-3-17-11(15)7-12(2,16)8-4-5-9(13)10(14)6-8/h4-6,16H,3,7H2,1-2H3. The number of rotatable bonds is 4. The van der Waals surface area contributed by atoms with Gasteiger partial charge in [-0.3, -0.25) is 4.79 Å². The minimum atomic E-state index is -1.58. The maximum absolute atomic E-state index is 13.0. The maximum atomic E-state index is 13.0. The zero-order valence-corrected chi connectivity index (χ0v) is 9.67. The Bertz CT molecular complexity index is 416. The van der Waals surface area contributed by atoms with Gasteiger partial charge in [-0.1, -0.05) is 6.07 Å². The summed E-state index contributed by atoms with van der Waals surface area (Å²) < 4.78 is 30.4. The van der Waals surface area contributed by atoms with Crippen molar-refractivity contribution in [3.05, 3.63) is 35.4 Å². The molecule has 0 saturated carbocycles. The normalized spacial score (nSPS) is 14.2. The molecule has 3 nitrogen and oxygen atoms in total. The largest absolute Gasteiger partial charge is 0.466 e. The van der Waals surface area contributed by atoms with Crippen molar-refractivity contribution in [3.63, 3.8) is 0 Å². The lowest BCUT2D eigenvalue weighted by molar-refractivity contribution is -0.148. The molecule has 1 N–H and O–H groups in total. The third-order valence-electron chi connectivity index (χ3n) is 2.34. The van der Waals surface area contributed by atoms with Crippen molar-refractivity contribution in [2.45, 2.75) is 25.9 Å². The molecule has 0 bridgehead atoms. The van der Waals surface area contributed by atoms with Crippen molar-refractivity contribution in [1.82, 2.24) is 0 Å². The molecule has 0 radical (unpaired) electrons. The van der Waals surface area contributed by atoms with E-state index in [9.17, 15) is 18.7 Å². The van der Waals surface area contributed by atoms with E-state index < -0.39 is 23.2 Å². The summed E-state index contributed by atoms with van der Waals surface area (Å²) in [5, 5.41) is 10.0. The van der Waals surface area contributed by atoms with Gasteiger partial charge in [0.05, 0.1) is 18.6 Å². The molecule has 94 valence electrons. The minimum absolute atomic E-state index is 0.129. The Morgan fingerprint density at radius 2 is 2.06 bits per heavy atom. The first-order valence-corrected chi connectivity index (χ1v) is 5.20. The monoisotopic (exact) mass is 244 g/mol. The van der Waals surface area contributed by atoms with Gasteiger partial charge < -0.3 is 9.84 Å². The van der Waals surface area contributed by atoms with Gasteiger partial charge in [0.1, 0.15) is 0 Å². The molecule has 5 heteroatoms. The van der Waals surface area contributed by atoms with Gasteiger partial charge in [-0.25, -0.2) is 8.78 Å². The van der Waals surface area contributed by atoms with E-state index in [0.29, 0.717) is 0 Å². The van der Waals surface area contributed by atoms with Crippen LogP contribution in [-0.2, 0) is 15.1 Å². The fraction of sp³-hybridized carbons (Fsp3) is 0.417. The quantitative estimate of drug-likeness (QED) is 0.825. The molecule has 0 fully saturated rings. The van der Waals surface area contributed by atoms with Gasteiger partial charge in [-0.15, -0.1) is 0 Å². The Balaban J connectivity index is 2.88. The van der Waals surface area contributed by atoms with Crippen LogP contribution in [0.15, 0.2) is 18.2 Å². The topological polar surface area (TPSA) is 46.5 Å². The molecular formula is C12H14F2O3. The van der Waals surface area contributed by atoms with Gasteiger partial charge >= 0.3 is 5.97 Å². The van der Waals surface area contributed by atoms with Gasteiger partial charge in [0, 0.05) is 0 Å². The maximum Gasteiger partial charge on any atom is 0.309 e. The van der Waals surface area contributed by atoms with Crippen LogP contribution in [0.1, 0.15) is 25.8 Å². The van der Waals surface area contributed by atoms with E-state index in [4.69, 9.17) is 0 Å². The number of carbonyl (C=O) groups is 1. The van der Waals surface area contributed by atoms with Crippen LogP contribution in [0.2, 0.25) is 0 Å². The summed E-state index contributed by atoms with van der Waals surface area (Å²) in [6.07, 6.45) is -0.314. The highest BCUT2D eigenvalue weighted by Gasteiger charge is 2.28. The Morgan fingerprint density at radius 1 is 1.41 bits per heavy atom. The zero-order chi connectivity index (χ0) is 13.1. The number of hydrogen-bond donors (Lipinski definition) is 1. The number of carbonyl (C=O) groups excluding carboxylic acids is 1. The average Bonchev–Trinajstić information content (AvgIpc) is 2.21. The second kappa shape index (κ2) is 5.23. The molecule has 0 aliphatic carbocycles. The van der Waals surface area contributed by atoms with Crippen molar-refractivity contribution < 1.29 is 23.4 Å². The smallest absolute Gasteiger partial charge is 0.309 e. The minimum Gasteiger partial charge on any atom is -0.466 e. The highest BCUT2D eigenvalue weighted by atomic mass is 19.2. The lowest BCUT2D eigenvalue weighted by atomic mass is 9.92. The molecule has 1 aromatic rings. The second-order valence-corrected chi connectivity index (χ2v) is 3.88. The molecule has 0 aromatic heterocycles. The van der Waals surface area contributed by atoms with Gasteiger partial charge in [0.25, 0.3) is 0 Å². The van der Waals surface area contributed by atoms with Gasteiger partial charge in [0.2, 0.25) is 0 Å². The van der Waals surface area contributed by atoms with Crippen LogP contribution in [-0.4, -0.2) is 17.7 Å². The molecule has 0 heterocycles. The third-order valence-corrected chi connectivity index (χ3v) is 2.34. The molecule has 0 saturated heterocycles. The van der Waals surface area contributed by atoms with Gasteiger partial charge in [0.15, 0.2) is 11.6 Å². The van der Waals surface area contributed by atoms with Crippen LogP contribution in [0.3, 0.4) is 0 Å². The van der Waals surface area contributed by atoms with E-state index in [2.05, 4.69) is 4.74 Å². The van der Waals surface area contributed by atoms with E-state index in [-0.39, 0.29) is 18.6 Å². The van der Waals surface area contributed by atoms with E-state index in [0.717, 1.165) is 12.1 Å². The molecule has 0 aliphatic heterocycles. The second-order valence-electron chi connectivity index (χ2n) is 3.88. The predicted octanol–water partition coefficient (Wildman–Crippen LogP) is 2.13. The molecule has 1 unspecified atom stereocenters. The summed E-state index contributed by atoms with van der Waals surface area (Å²) in [6, 6.07) is 3.01. The number of aliphatic hydroxyl groups is 1. The first-order chi connectivity index (χ1) is 7.86. The van der Waals surface area contributed by atoms with Crippen LogP contribution in [0, 0.1) is 11.6 Å². The Hall–Kier alpha value is -1.49. The highest BCUT2D eigenvalue weighted by Crippen LogP contribution is 2.26. The number of hydrogen-bond acceptors (Lipinski definition) is 3. The van der Waals surface area contributed by atoms with Crippen molar-refractivity contribution in [1.29, 1.82) is 0 Å². The SMILES string of the molecule is CCOC(=O)CC(C)(O)c1ccc(F)c(F)c1. The molecule has 17 heavy (non-hydrogen) atoms. The lowest BCUT2D eigenvalue weighted by Crippen LogP contribution is -2.26. The molecule has 0 amide bonds. The predicted molar refractivity (Wildman–Crippen MR) is 57.2 cm³/mol. The average molecular weight is 244 g/mol. The molecule has 0 aliphatic rings. The van der Waals surface area contributed by atoms with Crippen LogP contribution < -0.4 is 0 Å². The fourth-order valence-corrected chi connectivity index (χ4v) is 1.43. The van der Waals surface area contributed by atoms with Crippen molar-refractivity contribution in [2.75, 3.05) is 6.61 Å². The summed E-state index contributed by atoms with van der Waals surface area (Å²) in [5.74, 6) is -2.66. The van der Waals surface area contributed by atoms with E-state index in [1.807, 2.05) is 0 Å². The van der Waals surface area contributed by atoms with E-state index in [1.54, 1.807) is 6.92 Å². The number of ether oxygens (including phenoxy) is 1.